The number of nitrogens with one attached hydrogen (secondary N) is 2. The van der Waals surface area contributed by atoms with E-state index in [2.05, 4.69) is 10.6 Å². The molecule has 0 unspecified atom stereocenters. The van der Waals surface area contributed by atoms with Crippen molar-refractivity contribution in [2.45, 2.75) is 25.7 Å². The van der Waals surface area contributed by atoms with Crippen LogP contribution in [0.1, 0.15) is 46.4 Å². The number of nitrogens with two attached hydrogens (primary N) is 1. The monoisotopic (exact) mass is 551 g/mol. The molecule has 0 saturated carbocycles. The molecule has 0 atom stereocenters. The zero-order chi connectivity index (χ0) is 24.8. The first-order chi connectivity index (χ1) is 17.5. The molecule has 3 aliphatic rings. The number of benzene rings is 3. The van der Waals surface area contributed by atoms with Gasteiger partial charge in [-0.15, -0.1) is 0 Å². The van der Waals surface area contributed by atoms with Gasteiger partial charge in [0.2, 0.25) is 0 Å². The number of nitrogen functional groups attached to an aromatic ring is 1. The van der Waals surface area contributed by atoms with Crippen molar-refractivity contribution < 1.29 is 24.5 Å². The molecule has 9 nitrogen and oxygen atoms in total. The first-order valence-electron chi connectivity index (χ1n) is 12.0. The van der Waals surface area contributed by atoms with Gasteiger partial charge >= 0.3 is 210 Å². The molecular formula is C26H26AsN3O6. The topological polar surface area (TPSA) is 121 Å². The molecule has 3 aromatic carbocycles. The number of carbonyl (C=O) groups is 2. The molecule has 186 valence electrons. The van der Waals surface area contributed by atoms with E-state index in [1.54, 1.807) is 60.7 Å². The van der Waals surface area contributed by atoms with E-state index >= 15 is 0 Å². The SMILES string of the molecule is Nc1ccc([As]234Oc5cccc(c5O2)C(=O)NCCCCCCNC(=O)c2cccc(c2O3)O4)cc1. The predicted octanol–water partition coefficient (Wildman–Crippen LogP) is 2.84. The van der Waals surface area contributed by atoms with Gasteiger partial charge in [0, 0.05) is 0 Å². The van der Waals surface area contributed by atoms with E-state index in [-0.39, 0.29) is 23.3 Å². The summed E-state index contributed by atoms with van der Waals surface area (Å²) in [6.07, 6.45) is 3.55. The van der Waals surface area contributed by atoms with Gasteiger partial charge in [0.25, 0.3) is 0 Å². The molecule has 3 aromatic rings. The van der Waals surface area contributed by atoms with E-state index in [4.69, 9.17) is 20.6 Å². The van der Waals surface area contributed by atoms with Crippen LogP contribution in [0.15, 0.2) is 60.7 Å². The molecule has 6 rings (SSSR count). The van der Waals surface area contributed by atoms with Crippen LogP contribution in [0.2, 0.25) is 0 Å². The van der Waals surface area contributed by atoms with Gasteiger partial charge in [-0.1, -0.05) is 0 Å². The van der Waals surface area contributed by atoms with Crippen LogP contribution in [0.5, 0.6) is 23.0 Å². The standard InChI is InChI=1S/C26H26AsN3O6/c28-18-13-11-17(12-14-18)27-33-21-9-5-7-19(23(21)35-27)25(31)29-15-3-1-2-4-16-30-26(32)20-8-6-10-22(34-27)24(20)36-27/h5-14H,1-4,15-16,28H2,(H,29,31)(H,30,32). The van der Waals surface area contributed by atoms with Crippen molar-refractivity contribution in [1.82, 2.24) is 10.6 Å². The Hall–Kier alpha value is -3.84. The molecule has 0 saturated heterocycles. The summed E-state index contributed by atoms with van der Waals surface area (Å²) in [5.74, 6) is 0.647. The van der Waals surface area contributed by atoms with E-state index in [9.17, 15) is 9.59 Å². The van der Waals surface area contributed by atoms with Gasteiger partial charge < -0.3 is 0 Å². The maximum atomic E-state index is 13.1. The Morgan fingerprint density at radius 3 is 1.64 bits per heavy atom. The molecule has 2 amide bonds. The van der Waals surface area contributed by atoms with Gasteiger partial charge in [-0.25, -0.2) is 0 Å². The first kappa shape index (κ1) is 22.6. The number of hydrogen-bond donors (Lipinski definition) is 3. The Morgan fingerprint density at radius 1 is 0.639 bits per heavy atom. The van der Waals surface area contributed by atoms with Crippen LogP contribution in [-0.2, 0) is 0 Å². The minimum absolute atomic E-state index is 0.251. The Kier molecular flexibility index (Phi) is 5.26. The van der Waals surface area contributed by atoms with Crippen LogP contribution in [0.4, 0.5) is 5.69 Å². The van der Waals surface area contributed by atoms with Crippen molar-refractivity contribution in [1.29, 1.82) is 0 Å². The maximum absolute atomic E-state index is 13.1. The van der Waals surface area contributed by atoms with Crippen LogP contribution < -0.4 is 35.6 Å². The molecule has 0 aliphatic carbocycles. The van der Waals surface area contributed by atoms with Crippen molar-refractivity contribution >= 4 is 35.7 Å². The molecule has 3 heterocycles. The molecule has 0 fully saturated rings. The predicted molar refractivity (Wildman–Crippen MR) is 135 cm³/mol. The number of para-hydroxylation sites is 2. The third-order valence-corrected chi connectivity index (χ3v) is 13.1. The van der Waals surface area contributed by atoms with Crippen molar-refractivity contribution in [3.8, 4) is 23.0 Å². The molecule has 3 aliphatic heterocycles. The summed E-state index contributed by atoms with van der Waals surface area (Å²) in [4.78, 5) is 26.3. The van der Waals surface area contributed by atoms with Crippen LogP contribution in [0.25, 0.3) is 0 Å². The minimum atomic E-state index is -5.40. The number of rotatable bonds is 1. The summed E-state index contributed by atoms with van der Waals surface area (Å²) < 4.78 is 26.8. The van der Waals surface area contributed by atoms with Crippen LogP contribution >= 0.6 is 0 Å². The summed E-state index contributed by atoms with van der Waals surface area (Å²) in [6.45, 7) is 1.06. The zero-order valence-corrected chi connectivity index (χ0v) is 21.4. The zero-order valence-electron chi connectivity index (χ0n) is 19.5. The third-order valence-electron chi connectivity index (χ3n) is 6.45. The fourth-order valence-electron chi connectivity index (χ4n) is 4.61. The Labute approximate surface area is 209 Å². The van der Waals surface area contributed by atoms with E-state index in [0.717, 1.165) is 25.7 Å². The van der Waals surface area contributed by atoms with Crippen molar-refractivity contribution in [2.75, 3.05) is 18.8 Å². The van der Waals surface area contributed by atoms with Crippen LogP contribution in [0, 0.1) is 0 Å². The summed E-state index contributed by atoms with van der Waals surface area (Å²) in [6, 6.07) is 17.1. The molecule has 10 heteroatoms. The van der Waals surface area contributed by atoms with E-state index in [1.807, 2.05) is 0 Å². The number of anilines is 1. The van der Waals surface area contributed by atoms with Gasteiger partial charge in [0.05, 0.1) is 0 Å². The second-order valence-corrected chi connectivity index (χ2v) is 15.0. The number of hydrogen-bond acceptors (Lipinski definition) is 7. The Bertz CT molecular complexity index is 1300. The van der Waals surface area contributed by atoms with E-state index in [1.165, 1.54) is 0 Å². The van der Waals surface area contributed by atoms with E-state index in [0.29, 0.717) is 45.8 Å². The molecular weight excluding hydrogens is 525 g/mol. The molecule has 36 heavy (non-hydrogen) atoms. The molecule has 1 spiro atoms. The number of amides is 2. The normalized spacial score (nSPS) is 20.6. The second kappa shape index (κ2) is 8.38. The van der Waals surface area contributed by atoms with Crippen LogP contribution in [0.3, 0.4) is 0 Å². The Morgan fingerprint density at radius 2 is 1.14 bits per heavy atom. The third kappa shape index (κ3) is 3.54. The van der Waals surface area contributed by atoms with Gasteiger partial charge in [-0.3, -0.25) is 0 Å². The summed E-state index contributed by atoms with van der Waals surface area (Å²) in [7, 11) is 0. The van der Waals surface area contributed by atoms with Crippen molar-refractivity contribution in [3.63, 3.8) is 0 Å². The summed E-state index contributed by atoms with van der Waals surface area (Å²) in [5.41, 5.74) is 7.15. The van der Waals surface area contributed by atoms with Gasteiger partial charge in [-0.05, 0) is 0 Å². The number of carbonyl (C=O) groups excluding carboxylic acids is 2. The van der Waals surface area contributed by atoms with Gasteiger partial charge in [0.1, 0.15) is 0 Å². The fraction of sp³-hybridized carbons (Fsp3) is 0.231. The fourth-order valence-corrected chi connectivity index (χ4v) is 11.4. The molecule has 3 bridgehead atoms. The van der Waals surface area contributed by atoms with E-state index < -0.39 is 13.8 Å². The van der Waals surface area contributed by atoms with Crippen molar-refractivity contribution in [3.05, 3.63) is 71.8 Å². The molecule has 0 radical (unpaired) electrons. The average Bonchev–Trinajstić information content (AvgIpc) is 3.40. The van der Waals surface area contributed by atoms with Gasteiger partial charge in [0.15, 0.2) is 0 Å². The van der Waals surface area contributed by atoms with Crippen molar-refractivity contribution in [2.24, 2.45) is 0 Å². The van der Waals surface area contributed by atoms with Crippen LogP contribution in [-0.4, -0.2) is 38.7 Å². The molecule has 0 aromatic heterocycles. The quantitative estimate of drug-likeness (QED) is 0.314. The summed E-state index contributed by atoms with van der Waals surface area (Å²) >= 11 is -5.40. The second-order valence-electron chi connectivity index (χ2n) is 8.96. The molecule has 4 N–H and O–H groups in total. The Balaban J connectivity index is 1.53. The summed E-state index contributed by atoms with van der Waals surface area (Å²) in [5, 5.41) is 5.94. The average molecular weight is 551 g/mol. The van der Waals surface area contributed by atoms with Gasteiger partial charge in [-0.2, -0.15) is 0 Å². The first-order valence-corrected chi connectivity index (χ1v) is 16.0.